The fourth-order valence-corrected chi connectivity index (χ4v) is 3.39. The first-order valence-electron chi connectivity index (χ1n) is 9.85. The zero-order valence-electron chi connectivity index (χ0n) is 16.4. The number of rotatable bonds is 9. The highest BCUT2D eigenvalue weighted by molar-refractivity contribution is 6.23. The molecule has 2 heterocycles. The van der Waals surface area contributed by atoms with Crippen molar-refractivity contribution in [2.45, 2.75) is 38.1 Å². The maximum absolute atomic E-state index is 12.8. The monoisotopic (exact) mass is 416 g/mol. The summed E-state index contributed by atoms with van der Waals surface area (Å²) in [5.41, 5.74) is 6.04. The Kier molecular flexibility index (Phi) is 6.91. The molecule has 2 aliphatic heterocycles. The lowest BCUT2D eigenvalue weighted by Gasteiger charge is -2.27. The number of ether oxygens (including phenoxy) is 1. The zero-order chi connectivity index (χ0) is 21.7. The van der Waals surface area contributed by atoms with E-state index in [0.29, 0.717) is 31.9 Å². The molecule has 2 aliphatic rings. The van der Waals surface area contributed by atoms with Crippen LogP contribution >= 0.6 is 0 Å². The maximum Gasteiger partial charge on any atom is 0.262 e. The van der Waals surface area contributed by atoms with E-state index in [9.17, 15) is 24.0 Å². The standard InChI is InChI=1S/C20H24N4O6/c21-8-2-10-30-9-1-3-16(25)22-12-4-5-13-14(11-12)20(29)24(19(13)28)15-6-7-17(26)23-18(15)27/h4-5,11,15H,1-3,6-10,21H2,(H,22,25)(H,23,26,27). The van der Waals surface area contributed by atoms with Crippen molar-refractivity contribution in [3.63, 3.8) is 0 Å². The van der Waals surface area contributed by atoms with Crippen molar-refractivity contribution in [1.82, 2.24) is 10.2 Å². The van der Waals surface area contributed by atoms with Crippen LogP contribution in [0.2, 0.25) is 0 Å². The van der Waals surface area contributed by atoms with E-state index in [-0.39, 0.29) is 36.3 Å². The number of fused-ring (bicyclic) bond motifs is 1. The van der Waals surface area contributed by atoms with E-state index in [1.807, 2.05) is 0 Å². The predicted molar refractivity (Wildman–Crippen MR) is 105 cm³/mol. The molecule has 10 nitrogen and oxygen atoms in total. The summed E-state index contributed by atoms with van der Waals surface area (Å²) in [4.78, 5) is 61.8. The highest BCUT2D eigenvalue weighted by atomic mass is 16.5. The molecule has 0 saturated carbocycles. The van der Waals surface area contributed by atoms with Gasteiger partial charge in [-0.1, -0.05) is 0 Å². The van der Waals surface area contributed by atoms with Gasteiger partial charge in [0, 0.05) is 31.7 Å². The number of nitrogens with zero attached hydrogens (tertiary/aromatic N) is 1. The van der Waals surface area contributed by atoms with Gasteiger partial charge in [0.2, 0.25) is 17.7 Å². The normalized spacial score (nSPS) is 18.4. The lowest BCUT2D eigenvalue weighted by molar-refractivity contribution is -0.136. The summed E-state index contributed by atoms with van der Waals surface area (Å²) >= 11 is 0. The van der Waals surface area contributed by atoms with E-state index in [1.54, 1.807) is 0 Å². The number of imide groups is 2. The Hall–Kier alpha value is -3.11. The number of hydrogen-bond donors (Lipinski definition) is 3. The van der Waals surface area contributed by atoms with Crippen molar-refractivity contribution in [3.05, 3.63) is 29.3 Å². The van der Waals surface area contributed by atoms with Crippen LogP contribution in [0.4, 0.5) is 5.69 Å². The molecule has 1 saturated heterocycles. The Morgan fingerprint density at radius 2 is 1.87 bits per heavy atom. The Labute approximate surface area is 173 Å². The number of carbonyl (C=O) groups is 5. The Morgan fingerprint density at radius 1 is 1.13 bits per heavy atom. The number of nitrogens with one attached hydrogen (secondary N) is 2. The minimum atomic E-state index is -1.02. The second-order valence-corrected chi connectivity index (χ2v) is 7.11. The van der Waals surface area contributed by atoms with E-state index in [1.165, 1.54) is 18.2 Å². The van der Waals surface area contributed by atoms with Crippen LogP contribution in [0.3, 0.4) is 0 Å². The number of benzene rings is 1. The average molecular weight is 416 g/mol. The van der Waals surface area contributed by atoms with E-state index in [0.717, 1.165) is 11.3 Å². The fourth-order valence-electron chi connectivity index (χ4n) is 3.39. The number of carbonyl (C=O) groups excluding carboxylic acids is 5. The maximum atomic E-state index is 12.8. The molecule has 1 fully saturated rings. The second kappa shape index (κ2) is 9.59. The number of amides is 5. The van der Waals surface area contributed by atoms with Gasteiger partial charge < -0.3 is 15.8 Å². The highest BCUT2D eigenvalue weighted by Crippen LogP contribution is 2.29. The van der Waals surface area contributed by atoms with Gasteiger partial charge in [-0.25, -0.2) is 0 Å². The molecule has 1 unspecified atom stereocenters. The third kappa shape index (κ3) is 4.71. The largest absolute Gasteiger partial charge is 0.381 e. The molecule has 4 N–H and O–H groups in total. The minimum absolute atomic E-state index is 0.0566. The molecular formula is C20H24N4O6. The Morgan fingerprint density at radius 3 is 2.60 bits per heavy atom. The van der Waals surface area contributed by atoms with Crippen LogP contribution in [-0.4, -0.2) is 60.2 Å². The summed E-state index contributed by atoms with van der Waals surface area (Å²) in [5.74, 6) is -2.53. The molecule has 0 bridgehead atoms. The van der Waals surface area contributed by atoms with Crippen molar-refractivity contribution in [2.24, 2.45) is 5.73 Å². The molecule has 160 valence electrons. The molecule has 30 heavy (non-hydrogen) atoms. The van der Waals surface area contributed by atoms with Crippen molar-refractivity contribution in [2.75, 3.05) is 25.1 Å². The summed E-state index contributed by atoms with van der Waals surface area (Å²) < 4.78 is 5.34. The van der Waals surface area contributed by atoms with Crippen LogP contribution in [0.15, 0.2) is 18.2 Å². The molecule has 5 amide bonds. The number of nitrogens with two attached hydrogens (primary N) is 1. The van der Waals surface area contributed by atoms with Crippen molar-refractivity contribution < 1.29 is 28.7 Å². The number of anilines is 1. The molecule has 3 rings (SSSR count). The van der Waals surface area contributed by atoms with Gasteiger partial charge in [0.1, 0.15) is 6.04 Å². The van der Waals surface area contributed by atoms with Gasteiger partial charge in [0.25, 0.3) is 11.8 Å². The van der Waals surface area contributed by atoms with Gasteiger partial charge in [-0.2, -0.15) is 0 Å². The van der Waals surface area contributed by atoms with Crippen molar-refractivity contribution >= 4 is 35.2 Å². The summed E-state index contributed by atoms with van der Waals surface area (Å²) in [6.07, 6.45) is 1.70. The van der Waals surface area contributed by atoms with Crippen LogP contribution < -0.4 is 16.4 Å². The summed E-state index contributed by atoms with van der Waals surface area (Å²) in [6.45, 7) is 1.56. The van der Waals surface area contributed by atoms with Crippen LogP contribution in [-0.2, 0) is 19.1 Å². The summed E-state index contributed by atoms with van der Waals surface area (Å²) in [5, 5.41) is 4.85. The summed E-state index contributed by atoms with van der Waals surface area (Å²) in [6, 6.07) is 3.39. The van der Waals surface area contributed by atoms with Gasteiger partial charge in [-0.15, -0.1) is 0 Å². The Balaban J connectivity index is 1.60. The third-order valence-electron chi connectivity index (χ3n) is 4.91. The summed E-state index contributed by atoms with van der Waals surface area (Å²) in [7, 11) is 0. The molecular weight excluding hydrogens is 392 g/mol. The van der Waals surface area contributed by atoms with E-state index >= 15 is 0 Å². The molecule has 0 spiro atoms. The SMILES string of the molecule is NCCCOCCCC(=O)Nc1ccc2c(c1)C(=O)N(C1CCC(=O)NC1=O)C2=O. The lowest BCUT2D eigenvalue weighted by Crippen LogP contribution is -2.54. The molecule has 0 aromatic heterocycles. The van der Waals surface area contributed by atoms with Crippen LogP contribution in [0.5, 0.6) is 0 Å². The molecule has 1 aromatic rings. The molecule has 1 atom stereocenters. The van der Waals surface area contributed by atoms with Gasteiger partial charge in [-0.3, -0.25) is 34.2 Å². The number of piperidine rings is 1. The van der Waals surface area contributed by atoms with Gasteiger partial charge in [0.05, 0.1) is 11.1 Å². The quantitative estimate of drug-likeness (QED) is 0.384. The molecule has 0 aliphatic carbocycles. The number of hydrogen-bond acceptors (Lipinski definition) is 7. The van der Waals surface area contributed by atoms with E-state index < -0.39 is 29.7 Å². The Bertz CT molecular complexity index is 884. The van der Waals surface area contributed by atoms with Gasteiger partial charge in [0.15, 0.2) is 0 Å². The van der Waals surface area contributed by atoms with Gasteiger partial charge in [-0.05, 0) is 44.0 Å². The van der Waals surface area contributed by atoms with Crippen LogP contribution in [0, 0.1) is 0 Å². The first-order valence-corrected chi connectivity index (χ1v) is 9.85. The average Bonchev–Trinajstić information content (AvgIpc) is 2.95. The highest BCUT2D eigenvalue weighted by Gasteiger charge is 2.44. The smallest absolute Gasteiger partial charge is 0.262 e. The predicted octanol–water partition coefficient (Wildman–Crippen LogP) is 0.172. The third-order valence-corrected chi connectivity index (χ3v) is 4.91. The van der Waals surface area contributed by atoms with E-state index in [4.69, 9.17) is 10.5 Å². The van der Waals surface area contributed by atoms with Crippen LogP contribution in [0.1, 0.15) is 52.8 Å². The fraction of sp³-hybridized carbons (Fsp3) is 0.450. The molecule has 10 heteroatoms. The zero-order valence-corrected chi connectivity index (χ0v) is 16.4. The van der Waals surface area contributed by atoms with Crippen LogP contribution in [0.25, 0.3) is 0 Å². The molecule has 1 aromatic carbocycles. The van der Waals surface area contributed by atoms with E-state index in [2.05, 4.69) is 10.6 Å². The minimum Gasteiger partial charge on any atom is -0.381 e. The topological polar surface area (TPSA) is 148 Å². The van der Waals surface area contributed by atoms with Crippen molar-refractivity contribution in [1.29, 1.82) is 0 Å². The van der Waals surface area contributed by atoms with Gasteiger partial charge >= 0.3 is 0 Å². The first kappa shape index (κ1) is 21.6. The second-order valence-electron chi connectivity index (χ2n) is 7.11. The van der Waals surface area contributed by atoms with Crippen molar-refractivity contribution in [3.8, 4) is 0 Å². The molecule has 0 radical (unpaired) electrons. The first-order chi connectivity index (χ1) is 14.4. The lowest BCUT2D eigenvalue weighted by atomic mass is 10.0.